The van der Waals surface area contributed by atoms with Crippen LogP contribution in [0.1, 0.15) is 0 Å². The van der Waals surface area contributed by atoms with Crippen molar-refractivity contribution in [3.8, 4) is 57.4 Å². The first kappa shape index (κ1) is 36.7. The van der Waals surface area contributed by atoms with E-state index in [1.54, 1.807) is 49.3 Å². The first-order valence-corrected chi connectivity index (χ1v) is 20.5. The molecule has 0 aliphatic carbocycles. The molecule has 8 heterocycles. The fraction of sp³-hybridized carbons (Fsp3) is 0. The summed E-state index contributed by atoms with van der Waals surface area (Å²) in [5.41, 5.74) is 8.37. The Labute approximate surface area is 365 Å². The zero-order chi connectivity index (χ0) is 42.4. The maximum atomic E-state index is 6.39. The standard InChI is InChI=1S/C52H32N10O2/c1-3-11-43-35(9-1)17-19-51(57-43)61-33-59(47-13-5-7-15-49(47)61)37-25-41(31-53-29-37)63-39-21-23-55-45(27-39)46-28-40(22-24-56-46)64-42-26-38(30-54-32-42)60-34-62(50-16-8-6-14-48(50)60)52-20-18-36-10-2-4-12-44(36)58-52/h1-32H. The van der Waals surface area contributed by atoms with Crippen molar-refractivity contribution in [2.75, 3.05) is 0 Å². The molecule has 0 saturated carbocycles. The van der Waals surface area contributed by atoms with Crippen LogP contribution in [-0.2, 0) is 0 Å². The van der Waals surface area contributed by atoms with E-state index in [0.717, 1.165) is 66.9 Å². The quantitative estimate of drug-likeness (QED) is 0.104. The van der Waals surface area contributed by atoms with E-state index < -0.39 is 0 Å². The van der Waals surface area contributed by atoms with Gasteiger partial charge in [-0.1, -0.05) is 97.1 Å². The molecule has 0 unspecified atom stereocenters. The minimum absolute atomic E-state index is 0.542. The largest absolute Gasteiger partial charge is 0.456 e. The van der Waals surface area contributed by atoms with Crippen LogP contribution in [0, 0.1) is 12.7 Å². The third-order valence-electron chi connectivity index (χ3n) is 10.9. The molecule has 0 N–H and O–H groups in total. The Morgan fingerprint density at radius 3 is 1.38 bits per heavy atom. The molecule has 0 amide bonds. The zero-order valence-corrected chi connectivity index (χ0v) is 33.8. The van der Waals surface area contributed by atoms with E-state index in [4.69, 9.17) is 19.4 Å². The lowest BCUT2D eigenvalue weighted by Gasteiger charge is -2.10. The second kappa shape index (κ2) is 15.4. The Balaban J connectivity index is 0.800. The van der Waals surface area contributed by atoms with Crippen molar-refractivity contribution >= 4 is 43.9 Å². The van der Waals surface area contributed by atoms with E-state index in [2.05, 4.69) is 69.0 Å². The Morgan fingerprint density at radius 2 is 0.875 bits per heavy atom. The van der Waals surface area contributed by atoms with Crippen LogP contribution >= 0.6 is 0 Å². The number of rotatable bonds is 9. The molecule has 0 radical (unpaired) electrons. The van der Waals surface area contributed by atoms with Crippen molar-refractivity contribution in [2.45, 2.75) is 0 Å². The van der Waals surface area contributed by atoms with Crippen LogP contribution in [0.5, 0.6) is 23.0 Å². The Hall–Kier alpha value is -9.16. The fourth-order valence-electron chi connectivity index (χ4n) is 7.88. The lowest BCUT2D eigenvalue weighted by Crippen LogP contribution is -2.29. The summed E-state index contributed by atoms with van der Waals surface area (Å²) < 4.78 is 20.6. The van der Waals surface area contributed by atoms with Gasteiger partial charge in [0.25, 0.3) is 12.7 Å². The maximum absolute atomic E-state index is 6.39. The number of fused-ring (bicyclic) bond motifs is 4. The highest BCUT2D eigenvalue weighted by atomic mass is 16.5. The molecule has 8 aromatic heterocycles. The topological polar surface area (TPSA) is 113 Å². The Morgan fingerprint density at radius 1 is 0.422 bits per heavy atom. The molecular weight excluding hydrogens is 797 g/mol. The summed E-state index contributed by atoms with van der Waals surface area (Å²) in [6.45, 7) is 0. The van der Waals surface area contributed by atoms with Gasteiger partial charge in [-0.2, -0.15) is 0 Å². The molecule has 12 nitrogen and oxygen atoms in total. The number of nitrogens with zero attached hydrogens (tertiary/aromatic N) is 10. The second-order valence-electron chi connectivity index (χ2n) is 15.0. The normalized spacial score (nSPS) is 11.4. The molecule has 12 rings (SSSR count). The number of benzene rings is 4. The van der Waals surface area contributed by atoms with E-state index in [9.17, 15) is 0 Å². The predicted octanol–water partition coefficient (Wildman–Crippen LogP) is 9.66. The van der Waals surface area contributed by atoms with Crippen LogP contribution in [0.15, 0.2) is 195 Å². The van der Waals surface area contributed by atoms with Crippen molar-refractivity contribution in [1.82, 2.24) is 39.0 Å². The van der Waals surface area contributed by atoms with Crippen LogP contribution in [-0.4, -0.2) is 39.0 Å². The third-order valence-corrected chi connectivity index (χ3v) is 10.9. The number of ether oxygens (including phenoxy) is 2. The van der Waals surface area contributed by atoms with E-state index in [-0.39, 0.29) is 0 Å². The van der Waals surface area contributed by atoms with E-state index >= 15 is 0 Å². The Bertz CT molecular complexity index is 3490. The average molecular weight is 829 g/mol. The van der Waals surface area contributed by atoms with Gasteiger partial charge in [0.1, 0.15) is 23.0 Å². The minimum Gasteiger partial charge on any atom is -0.456 e. The van der Waals surface area contributed by atoms with Gasteiger partial charge in [-0.15, -0.1) is 0 Å². The summed E-state index contributed by atoms with van der Waals surface area (Å²) in [7, 11) is 0. The van der Waals surface area contributed by atoms with Gasteiger partial charge in [0.15, 0.2) is 11.6 Å². The molecule has 0 aliphatic heterocycles. The second-order valence-corrected chi connectivity index (χ2v) is 15.0. The van der Waals surface area contributed by atoms with Crippen molar-refractivity contribution in [2.24, 2.45) is 0 Å². The summed E-state index contributed by atoms with van der Waals surface area (Å²) in [4.78, 5) is 28.2. The van der Waals surface area contributed by atoms with Crippen LogP contribution in [0.3, 0.4) is 0 Å². The van der Waals surface area contributed by atoms with Crippen molar-refractivity contribution in [3.05, 3.63) is 208 Å². The van der Waals surface area contributed by atoms with Crippen LogP contribution in [0.2, 0.25) is 0 Å². The smallest absolute Gasteiger partial charge is 0.271 e. The van der Waals surface area contributed by atoms with E-state index in [1.165, 1.54) is 0 Å². The highest BCUT2D eigenvalue weighted by Gasteiger charge is 2.17. The lowest BCUT2D eigenvalue weighted by molar-refractivity contribution is -0.573. The zero-order valence-electron chi connectivity index (χ0n) is 33.8. The van der Waals surface area contributed by atoms with Gasteiger partial charge >= 0.3 is 0 Å². The molecule has 302 valence electrons. The molecule has 12 aromatic rings. The number of para-hydroxylation sites is 6. The number of hydrogen-bond acceptors (Lipinski definition) is 8. The molecule has 0 fully saturated rings. The van der Waals surface area contributed by atoms with Gasteiger partial charge in [0, 0.05) is 36.9 Å². The van der Waals surface area contributed by atoms with Crippen LogP contribution < -0.4 is 18.6 Å². The summed E-state index contributed by atoms with van der Waals surface area (Å²) in [6, 6.07) is 51.7. The fourth-order valence-corrected chi connectivity index (χ4v) is 7.88. The summed E-state index contributed by atoms with van der Waals surface area (Å²) in [5, 5.41) is 2.15. The first-order chi connectivity index (χ1) is 31.7. The first-order valence-electron chi connectivity index (χ1n) is 20.5. The van der Waals surface area contributed by atoms with Gasteiger partial charge < -0.3 is 9.47 Å². The lowest BCUT2D eigenvalue weighted by atomic mass is 10.2. The predicted molar refractivity (Wildman–Crippen MR) is 241 cm³/mol. The number of aromatic nitrogens is 10. The van der Waals surface area contributed by atoms with Crippen molar-refractivity contribution in [1.29, 1.82) is 0 Å². The minimum atomic E-state index is 0.542. The molecule has 0 atom stereocenters. The molecule has 0 bridgehead atoms. The van der Waals surface area contributed by atoms with Gasteiger partial charge in [0.05, 0.1) is 68.3 Å². The SMILES string of the molecule is [c-]1n(-c2ccc3ccccc3n2)c2ccccc2[n+]1-c1cncc(Oc2ccnc(-c3cc(Oc4cncc(-[n+]5[c-]n(-c6ccc7ccccc7n6)c6ccccc65)c4)ccn3)c2)c1. The van der Waals surface area contributed by atoms with Gasteiger partial charge in [0.2, 0.25) is 0 Å². The molecule has 0 saturated heterocycles. The van der Waals surface area contributed by atoms with Crippen molar-refractivity contribution in [3.63, 3.8) is 0 Å². The third kappa shape index (κ3) is 6.77. The summed E-state index contributed by atoms with van der Waals surface area (Å²) >= 11 is 0. The van der Waals surface area contributed by atoms with Gasteiger partial charge in [-0.3, -0.25) is 38.2 Å². The molecule has 0 spiro atoms. The monoisotopic (exact) mass is 828 g/mol. The Kier molecular flexibility index (Phi) is 8.82. The van der Waals surface area contributed by atoms with E-state index in [0.29, 0.717) is 34.4 Å². The summed E-state index contributed by atoms with van der Waals surface area (Å²) in [6.07, 6.45) is 17.3. The van der Waals surface area contributed by atoms with Crippen LogP contribution in [0.25, 0.3) is 78.3 Å². The summed E-state index contributed by atoms with van der Waals surface area (Å²) in [5.74, 6) is 3.74. The van der Waals surface area contributed by atoms with Crippen LogP contribution in [0.4, 0.5) is 0 Å². The highest BCUT2D eigenvalue weighted by Crippen LogP contribution is 2.30. The maximum Gasteiger partial charge on any atom is 0.271 e. The van der Waals surface area contributed by atoms with Gasteiger partial charge in [-0.05, 0) is 59.3 Å². The number of pyridine rings is 6. The highest BCUT2D eigenvalue weighted by molar-refractivity contribution is 5.82. The van der Waals surface area contributed by atoms with Gasteiger partial charge in [-0.25, -0.2) is 9.97 Å². The van der Waals surface area contributed by atoms with Crippen molar-refractivity contribution < 1.29 is 18.6 Å². The molecule has 64 heavy (non-hydrogen) atoms. The number of hydrogen-bond donors (Lipinski definition) is 0. The molecular formula is C52H32N10O2. The molecule has 12 heteroatoms. The molecule has 4 aromatic carbocycles. The molecule has 0 aliphatic rings. The number of imidazole rings is 2. The van der Waals surface area contributed by atoms with E-state index in [1.807, 2.05) is 127 Å². The average Bonchev–Trinajstić information content (AvgIpc) is 3.94.